The molecule has 1 spiro atoms. The van der Waals surface area contributed by atoms with Crippen LogP contribution in [0.2, 0.25) is 0 Å². The fourth-order valence-corrected chi connectivity index (χ4v) is 5.62. The fourth-order valence-electron chi connectivity index (χ4n) is 4.05. The highest BCUT2D eigenvalue weighted by Crippen LogP contribution is 2.46. The number of sulfonamides is 1. The largest absolute Gasteiger partial charge is 0.383 e. The molecule has 9 heteroatoms. The molecule has 1 atom stereocenters. The predicted octanol–water partition coefficient (Wildman–Crippen LogP) is 1.97. The summed E-state index contributed by atoms with van der Waals surface area (Å²) in [5.74, 6) is -3.67. The van der Waals surface area contributed by atoms with Crippen molar-refractivity contribution in [3.8, 4) is 0 Å². The number of piperidine rings is 2. The Labute approximate surface area is 158 Å². The average Bonchev–Trinajstić information content (AvgIpc) is 2.62. The molecule has 0 radical (unpaired) electrons. The summed E-state index contributed by atoms with van der Waals surface area (Å²) in [4.78, 5) is 14.5. The Kier molecular flexibility index (Phi) is 5.56. The summed E-state index contributed by atoms with van der Waals surface area (Å²) >= 11 is 0. The van der Waals surface area contributed by atoms with E-state index in [1.165, 1.54) is 24.1 Å². The fraction of sp³-hybridized carbons (Fsp3) is 0.611. The van der Waals surface area contributed by atoms with Crippen LogP contribution in [0.15, 0.2) is 35.2 Å². The number of carbonyl (C=O) groups excluding carboxylic acids is 1. The molecular formula is C18H24F2N2O4S. The Morgan fingerprint density at radius 2 is 1.89 bits per heavy atom. The van der Waals surface area contributed by atoms with Crippen molar-refractivity contribution in [1.82, 2.24) is 9.21 Å². The van der Waals surface area contributed by atoms with Crippen molar-refractivity contribution < 1.29 is 26.7 Å². The Morgan fingerprint density at radius 1 is 1.19 bits per heavy atom. The number of methoxy groups -OCH3 is 1. The molecular weight excluding hydrogens is 378 g/mol. The molecule has 0 aliphatic carbocycles. The van der Waals surface area contributed by atoms with Crippen LogP contribution in [0.25, 0.3) is 0 Å². The second kappa shape index (κ2) is 7.44. The van der Waals surface area contributed by atoms with E-state index in [0.29, 0.717) is 26.1 Å². The molecule has 2 fully saturated rings. The lowest BCUT2D eigenvalue weighted by molar-refractivity contribution is -0.164. The third kappa shape index (κ3) is 4.00. The molecule has 150 valence electrons. The first-order valence-corrected chi connectivity index (χ1v) is 10.4. The first-order chi connectivity index (χ1) is 12.7. The minimum absolute atomic E-state index is 0.0441. The van der Waals surface area contributed by atoms with Gasteiger partial charge in [-0.2, -0.15) is 4.31 Å². The Hall–Kier alpha value is -1.58. The van der Waals surface area contributed by atoms with Crippen molar-refractivity contribution in [1.29, 1.82) is 0 Å². The zero-order valence-corrected chi connectivity index (χ0v) is 16.1. The Morgan fingerprint density at radius 3 is 2.56 bits per heavy atom. The number of hydrogen-bond donors (Lipinski definition) is 0. The van der Waals surface area contributed by atoms with Crippen molar-refractivity contribution in [2.24, 2.45) is 5.41 Å². The molecule has 1 amide bonds. The first kappa shape index (κ1) is 20.2. The van der Waals surface area contributed by atoms with E-state index >= 15 is 0 Å². The maximum atomic E-state index is 14.6. The molecule has 27 heavy (non-hydrogen) atoms. The van der Waals surface area contributed by atoms with Crippen LogP contribution in [0.4, 0.5) is 8.78 Å². The molecule has 1 unspecified atom stereocenters. The summed E-state index contributed by atoms with van der Waals surface area (Å²) in [5, 5.41) is 0. The van der Waals surface area contributed by atoms with Crippen LogP contribution in [-0.2, 0) is 19.6 Å². The van der Waals surface area contributed by atoms with Gasteiger partial charge in [0.2, 0.25) is 15.9 Å². The van der Waals surface area contributed by atoms with Crippen LogP contribution in [-0.4, -0.2) is 69.3 Å². The Bertz CT molecular complexity index is 788. The van der Waals surface area contributed by atoms with Gasteiger partial charge in [0.1, 0.15) is 0 Å². The average molecular weight is 402 g/mol. The number of rotatable bonds is 5. The van der Waals surface area contributed by atoms with Crippen LogP contribution in [0.3, 0.4) is 0 Å². The number of likely N-dealkylation sites (tertiary alicyclic amines) is 1. The second-order valence-corrected chi connectivity index (χ2v) is 9.23. The van der Waals surface area contributed by atoms with E-state index in [0.717, 1.165) is 4.31 Å². The maximum absolute atomic E-state index is 14.6. The summed E-state index contributed by atoms with van der Waals surface area (Å²) in [6, 6.07) is 7.50. The summed E-state index contributed by atoms with van der Waals surface area (Å²) in [6.07, 6.45) is 0.194. The van der Waals surface area contributed by atoms with Gasteiger partial charge in [0.25, 0.3) is 5.92 Å². The molecule has 0 bridgehead atoms. The number of hydrogen-bond acceptors (Lipinski definition) is 4. The van der Waals surface area contributed by atoms with E-state index in [-0.39, 0.29) is 17.9 Å². The van der Waals surface area contributed by atoms with Gasteiger partial charge < -0.3 is 9.64 Å². The zero-order chi connectivity index (χ0) is 19.7. The van der Waals surface area contributed by atoms with E-state index in [9.17, 15) is 22.0 Å². The standard InChI is InChI=1S/C18H24F2N2O4S/c1-26-11-10-21-9-5-8-17(16(21)23)12-18(19,20)14-22(13-17)27(24,25)15-6-3-2-4-7-15/h2-4,6-7H,5,8-14H2,1H3. The van der Waals surface area contributed by atoms with Gasteiger partial charge in [0.15, 0.2) is 0 Å². The van der Waals surface area contributed by atoms with Crippen molar-refractivity contribution >= 4 is 15.9 Å². The highest BCUT2D eigenvalue weighted by atomic mass is 32.2. The quantitative estimate of drug-likeness (QED) is 0.755. The highest BCUT2D eigenvalue weighted by Gasteiger charge is 2.57. The van der Waals surface area contributed by atoms with E-state index < -0.39 is 40.2 Å². The van der Waals surface area contributed by atoms with Crippen molar-refractivity contribution in [3.05, 3.63) is 30.3 Å². The molecule has 0 N–H and O–H groups in total. The summed E-state index contributed by atoms with van der Waals surface area (Å²) in [5.41, 5.74) is -1.39. The van der Waals surface area contributed by atoms with Crippen LogP contribution in [0.1, 0.15) is 19.3 Å². The van der Waals surface area contributed by atoms with E-state index in [4.69, 9.17) is 4.74 Å². The third-order valence-corrected chi connectivity index (χ3v) is 7.06. The lowest BCUT2D eigenvalue weighted by atomic mass is 9.72. The molecule has 2 aliphatic heterocycles. The molecule has 6 nitrogen and oxygen atoms in total. The smallest absolute Gasteiger partial charge is 0.262 e. The van der Waals surface area contributed by atoms with Crippen LogP contribution >= 0.6 is 0 Å². The third-order valence-electron chi connectivity index (χ3n) is 5.25. The molecule has 0 saturated carbocycles. The molecule has 1 aromatic carbocycles. The monoisotopic (exact) mass is 402 g/mol. The van der Waals surface area contributed by atoms with Crippen LogP contribution < -0.4 is 0 Å². The van der Waals surface area contributed by atoms with Gasteiger partial charge in [-0.15, -0.1) is 0 Å². The summed E-state index contributed by atoms with van der Waals surface area (Å²) in [7, 11) is -2.60. The SMILES string of the molecule is COCCN1CCCC2(CN(S(=O)(=O)c3ccccc3)CC(F)(F)C2)C1=O. The number of alkyl halides is 2. The lowest BCUT2D eigenvalue weighted by Gasteiger charge is -2.48. The van der Waals surface area contributed by atoms with Crippen molar-refractivity contribution in [2.75, 3.05) is 39.9 Å². The van der Waals surface area contributed by atoms with Gasteiger partial charge in [0, 0.05) is 33.2 Å². The summed E-state index contributed by atoms with van der Waals surface area (Å²) in [6.45, 7) is -0.0290. The minimum atomic E-state index is -4.11. The number of benzene rings is 1. The van der Waals surface area contributed by atoms with Gasteiger partial charge in [0.05, 0.1) is 23.5 Å². The van der Waals surface area contributed by atoms with Gasteiger partial charge in [-0.05, 0) is 25.0 Å². The summed E-state index contributed by atoms with van der Waals surface area (Å²) < 4.78 is 60.8. The maximum Gasteiger partial charge on any atom is 0.262 e. The number of carbonyl (C=O) groups is 1. The predicted molar refractivity (Wildman–Crippen MR) is 94.9 cm³/mol. The highest BCUT2D eigenvalue weighted by molar-refractivity contribution is 7.89. The zero-order valence-electron chi connectivity index (χ0n) is 15.2. The van der Waals surface area contributed by atoms with Gasteiger partial charge in [-0.25, -0.2) is 17.2 Å². The van der Waals surface area contributed by atoms with Crippen molar-refractivity contribution in [3.63, 3.8) is 0 Å². The first-order valence-electron chi connectivity index (χ1n) is 8.92. The molecule has 3 rings (SSSR count). The number of halogens is 2. The Balaban J connectivity index is 1.92. The lowest BCUT2D eigenvalue weighted by Crippen LogP contribution is -2.62. The molecule has 2 aliphatic rings. The van der Waals surface area contributed by atoms with Gasteiger partial charge in [-0.3, -0.25) is 4.79 Å². The number of amides is 1. The van der Waals surface area contributed by atoms with Crippen LogP contribution in [0, 0.1) is 5.41 Å². The van der Waals surface area contributed by atoms with Gasteiger partial charge >= 0.3 is 0 Å². The molecule has 1 aromatic rings. The van der Waals surface area contributed by atoms with E-state index in [2.05, 4.69) is 0 Å². The number of ether oxygens (including phenoxy) is 1. The second-order valence-electron chi connectivity index (χ2n) is 7.29. The normalized spacial score (nSPS) is 26.5. The molecule has 2 saturated heterocycles. The van der Waals surface area contributed by atoms with Crippen molar-refractivity contribution in [2.45, 2.75) is 30.1 Å². The van der Waals surface area contributed by atoms with E-state index in [1.54, 1.807) is 18.2 Å². The van der Waals surface area contributed by atoms with Gasteiger partial charge in [-0.1, -0.05) is 18.2 Å². The molecule has 2 heterocycles. The van der Waals surface area contributed by atoms with Crippen LogP contribution in [0.5, 0.6) is 0 Å². The van der Waals surface area contributed by atoms with E-state index in [1.807, 2.05) is 0 Å². The minimum Gasteiger partial charge on any atom is -0.383 e. The number of nitrogens with zero attached hydrogens (tertiary/aromatic N) is 2. The molecule has 0 aromatic heterocycles. The topological polar surface area (TPSA) is 66.9 Å².